The molecular weight excluding hydrogens is 330 g/mol. The van der Waals surface area contributed by atoms with Gasteiger partial charge in [-0.15, -0.1) is 0 Å². The van der Waals surface area contributed by atoms with Crippen LogP contribution in [-0.4, -0.2) is 44.5 Å². The molecule has 1 aliphatic heterocycles. The molecule has 2 aromatic rings. The Labute approximate surface area is 152 Å². The zero-order valence-electron chi connectivity index (χ0n) is 14.7. The van der Waals surface area contributed by atoms with Crippen molar-refractivity contribution < 1.29 is 14.7 Å². The highest BCUT2D eigenvalue weighted by atomic mass is 16.4. The van der Waals surface area contributed by atoms with Crippen molar-refractivity contribution in [3.8, 4) is 0 Å². The van der Waals surface area contributed by atoms with Crippen LogP contribution in [0.5, 0.6) is 0 Å². The van der Waals surface area contributed by atoms with E-state index in [-0.39, 0.29) is 5.91 Å². The first-order valence-corrected chi connectivity index (χ1v) is 9.17. The number of piperidine rings is 1. The van der Waals surface area contributed by atoms with Crippen LogP contribution in [0.15, 0.2) is 43.0 Å². The van der Waals surface area contributed by atoms with Crippen molar-refractivity contribution in [1.29, 1.82) is 0 Å². The average molecular weight is 353 g/mol. The number of likely N-dealkylation sites (tertiary alicyclic amines) is 1. The Balaban J connectivity index is 1.42. The van der Waals surface area contributed by atoms with Crippen molar-refractivity contribution in [2.24, 2.45) is 0 Å². The number of rotatable bonds is 4. The summed E-state index contributed by atoms with van der Waals surface area (Å²) in [6, 6.07) is 8.36. The van der Waals surface area contributed by atoms with Gasteiger partial charge >= 0.3 is 5.97 Å². The summed E-state index contributed by atoms with van der Waals surface area (Å²) in [7, 11) is 0. The molecule has 0 spiro atoms. The number of aryl methyl sites for hydroxylation is 1. The molecule has 1 N–H and O–H groups in total. The first-order chi connectivity index (χ1) is 12.6. The Kier molecular flexibility index (Phi) is 4.26. The lowest BCUT2D eigenvalue weighted by Crippen LogP contribution is -2.52. The molecule has 0 radical (unpaired) electrons. The van der Waals surface area contributed by atoms with Gasteiger partial charge in [0.1, 0.15) is 5.54 Å². The van der Waals surface area contributed by atoms with Gasteiger partial charge in [0.2, 0.25) is 5.91 Å². The second-order valence-corrected chi connectivity index (χ2v) is 7.33. The Hall–Kier alpha value is -2.63. The average Bonchev–Trinajstić information content (AvgIpc) is 3.32. The molecule has 1 amide bonds. The first-order valence-electron chi connectivity index (χ1n) is 9.17. The largest absolute Gasteiger partial charge is 0.479 e. The molecule has 6 heteroatoms. The third-order valence-corrected chi connectivity index (χ3v) is 6.02. The molecule has 4 rings (SSSR count). The molecule has 1 aromatic carbocycles. The SMILES string of the molecule is O=C(C[C@@H]1CCc2ccccc21)N1CCC(C(=O)O)(n2ccnc2)CC1. The first kappa shape index (κ1) is 16.8. The normalized spacial score (nSPS) is 21.4. The van der Waals surface area contributed by atoms with E-state index in [1.807, 2.05) is 11.0 Å². The van der Waals surface area contributed by atoms with Gasteiger partial charge in [-0.1, -0.05) is 24.3 Å². The number of carbonyl (C=O) groups excluding carboxylic acids is 1. The maximum atomic E-state index is 12.8. The molecule has 2 aliphatic rings. The number of amides is 1. The van der Waals surface area contributed by atoms with Crippen LogP contribution in [0.1, 0.15) is 42.7 Å². The summed E-state index contributed by atoms with van der Waals surface area (Å²) in [5.74, 6) is -0.429. The third kappa shape index (κ3) is 2.79. The van der Waals surface area contributed by atoms with E-state index in [9.17, 15) is 14.7 Å². The number of carbonyl (C=O) groups is 2. The van der Waals surface area contributed by atoms with Crippen molar-refractivity contribution >= 4 is 11.9 Å². The van der Waals surface area contributed by atoms with Gasteiger partial charge in [-0.25, -0.2) is 9.78 Å². The number of carboxylic acids is 1. The Morgan fingerprint density at radius 1 is 1.23 bits per heavy atom. The zero-order chi connectivity index (χ0) is 18.1. The van der Waals surface area contributed by atoms with Crippen LogP contribution in [0.4, 0.5) is 0 Å². The lowest BCUT2D eigenvalue weighted by atomic mass is 9.86. The molecule has 1 saturated heterocycles. The molecule has 0 saturated carbocycles. The fourth-order valence-electron chi connectivity index (χ4n) is 4.42. The zero-order valence-corrected chi connectivity index (χ0v) is 14.7. The van der Waals surface area contributed by atoms with Crippen LogP contribution >= 0.6 is 0 Å². The Morgan fingerprint density at radius 2 is 2.00 bits per heavy atom. The lowest BCUT2D eigenvalue weighted by Gasteiger charge is -2.39. The number of hydrogen-bond acceptors (Lipinski definition) is 3. The summed E-state index contributed by atoms with van der Waals surface area (Å²) in [5, 5.41) is 9.77. The van der Waals surface area contributed by atoms with Crippen LogP contribution < -0.4 is 0 Å². The second kappa shape index (κ2) is 6.59. The van der Waals surface area contributed by atoms with Crippen LogP contribution in [0, 0.1) is 0 Å². The minimum Gasteiger partial charge on any atom is -0.479 e. The molecule has 1 aliphatic carbocycles. The van der Waals surface area contributed by atoms with Crippen LogP contribution in [0.3, 0.4) is 0 Å². The highest BCUT2D eigenvalue weighted by molar-refractivity contribution is 5.80. The van der Waals surface area contributed by atoms with Gasteiger partial charge in [0.25, 0.3) is 0 Å². The molecule has 1 fully saturated rings. The summed E-state index contributed by atoms with van der Waals surface area (Å²) in [5.41, 5.74) is 1.66. The molecule has 0 bridgehead atoms. The predicted octanol–water partition coefficient (Wildman–Crippen LogP) is 2.41. The molecule has 2 heterocycles. The van der Waals surface area contributed by atoms with E-state index in [4.69, 9.17) is 0 Å². The van der Waals surface area contributed by atoms with Gasteiger partial charge in [-0.2, -0.15) is 0 Å². The number of aromatic nitrogens is 2. The van der Waals surface area contributed by atoms with Crippen molar-refractivity contribution in [1.82, 2.24) is 14.5 Å². The predicted molar refractivity (Wildman–Crippen MR) is 95.8 cm³/mol. The number of hydrogen-bond donors (Lipinski definition) is 1. The van der Waals surface area contributed by atoms with Gasteiger partial charge in [-0.3, -0.25) is 4.79 Å². The van der Waals surface area contributed by atoms with Gasteiger partial charge in [-0.05, 0) is 42.7 Å². The van der Waals surface area contributed by atoms with Crippen molar-refractivity contribution in [2.75, 3.05) is 13.1 Å². The Morgan fingerprint density at radius 3 is 2.69 bits per heavy atom. The van der Waals surface area contributed by atoms with Crippen molar-refractivity contribution in [3.63, 3.8) is 0 Å². The molecule has 136 valence electrons. The number of fused-ring (bicyclic) bond motifs is 1. The highest BCUT2D eigenvalue weighted by Gasteiger charge is 2.44. The summed E-state index contributed by atoms with van der Waals surface area (Å²) in [6.07, 6.45) is 8.24. The molecule has 1 atom stereocenters. The lowest BCUT2D eigenvalue weighted by molar-refractivity contribution is -0.152. The summed E-state index contributed by atoms with van der Waals surface area (Å²) >= 11 is 0. The van der Waals surface area contributed by atoms with Crippen molar-refractivity contribution in [3.05, 3.63) is 54.1 Å². The summed E-state index contributed by atoms with van der Waals surface area (Å²) in [6.45, 7) is 0.940. The minimum atomic E-state index is -0.993. The van der Waals surface area contributed by atoms with Crippen LogP contribution in [-0.2, 0) is 21.5 Å². The molecule has 1 aromatic heterocycles. The number of nitrogens with zero attached hydrogens (tertiary/aromatic N) is 3. The molecule has 0 unspecified atom stereocenters. The van der Waals surface area contributed by atoms with Crippen molar-refractivity contribution in [2.45, 2.75) is 43.6 Å². The number of carboxylic acid groups (broad SMARTS) is 1. The number of benzene rings is 1. The standard InChI is InChI=1S/C20H23N3O3/c24-18(13-16-6-5-15-3-1-2-4-17(15)16)22-10-7-20(8-11-22,19(25)26)23-12-9-21-14-23/h1-4,9,12,14,16H,5-8,10-11,13H2,(H,25,26)/t16-/m0/s1. The molecule has 26 heavy (non-hydrogen) atoms. The van der Waals surface area contributed by atoms with Gasteiger partial charge < -0.3 is 14.6 Å². The number of imidazole rings is 1. The van der Waals surface area contributed by atoms with E-state index < -0.39 is 11.5 Å². The fraction of sp³-hybridized carbons (Fsp3) is 0.450. The monoisotopic (exact) mass is 353 g/mol. The van der Waals surface area contributed by atoms with Gasteiger partial charge in [0.05, 0.1) is 6.33 Å². The Bertz CT molecular complexity index is 807. The van der Waals surface area contributed by atoms with Gasteiger partial charge in [0.15, 0.2) is 0 Å². The van der Waals surface area contributed by atoms with Crippen LogP contribution in [0.2, 0.25) is 0 Å². The topological polar surface area (TPSA) is 75.4 Å². The molecule has 6 nitrogen and oxygen atoms in total. The summed E-state index contributed by atoms with van der Waals surface area (Å²) < 4.78 is 1.67. The van der Waals surface area contributed by atoms with E-state index in [2.05, 4.69) is 23.2 Å². The summed E-state index contributed by atoms with van der Waals surface area (Å²) in [4.78, 5) is 30.5. The molecular formula is C20H23N3O3. The maximum absolute atomic E-state index is 12.8. The minimum absolute atomic E-state index is 0.135. The second-order valence-electron chi connectivity index (χ2n) is 7.33. The van der Waals surface area contributed by atoms with E-state index in [1.54, 1.807) is 23.3 Å². The van der Waals surface area contributed by atoms with E-state index >= 15 is 0 Å². The highest BCUT2D eigenvalue weighted by Crippen LogP contribution is 2.37. The smallest absolute Gasteiger partial charge is 0.330 e. The van der Waals surface area contributed by atoms with Gasteiger partial charge in [0, 0.05) is 31.9 Å². The van der Waals surface area contributed by atoms with Crippen LogP contribution in [0.25, 0.3) is 0 Å². The third-order valence-electron chi connectivity index (χ3n) is 6.02. The fourth-order valence-corrected chi connectivity index (χ4v) is 4.42. The quantitative estimate of drug-likeness (QED) is 0.916. The van der Waals surface area contributed by atoms with E-state index in [0.717, 1.165) is 12.8 Å². The van der Waals surface area contributed by atoms with E-state index in [0.29, 0.717) is 38.3 Å². The maximum Gasteiger partial charge on any atom is 0.330 e. The number of aliphatic carboxylic acids is 1. The van der Waals surface area contributed by atoms with E-state index in [1.165, 1.54) is 11.1 Å².